The SMILES string of the molecule is CCOC(=O)c1cc(S(=O)(=O)NC(C)(C)CN)cc([N+](=O)[O-])c1C.Cl. The second-order valence-electron chi connectivity index (χ2n) is 5.79. The molecule has 1 rings (SSSR count). The second-order valence-corrected chi connectivity index (χ2v) is 7.47. The number of esters is 1. The number of benzene rings is 1. The van der Waals surface area contributed by atoms with Crippen LogP contribution in [0.25, 0.3) is 0 Å². The molecule has 0 unspecified atom stereocenters. The van der Waals surface area contributed by atoms with E-state index in [1.165, 1.54) is 6.92 Å². The van der Waals surface area contributed by atoms with E-state index in [1.807, 2.05) is 0 Å². The standard InChI is InChI=1S/C14H21N3O6S.ClH/c1-5-23-13(18)11-6-10(7-12(9(11)2)17(19)20)24(21,22)16-14(3,4)8-15;/h6-7,16H,5,8,15H2,1-4H3;1H. The number of nitrogens with two attached hydrogens (primary N) is 1. The first kappa shape index (κ1) is 23.2. The fourth-order valence-electron chi connectivity index (χ4n) is 1.90. The number of ether oxygens (including phenoxy) is 1. The number of hydrogen-bond donors (Lipinski definition) is 2. The third kappa shape index (κ3) is 5.63. The molecule has 0 heterocycles. The highest BCUT2D eigenvalue weighted by Crippen LogP contribution is 2.27. The summed E-state index contributed by atoms with van der Waals surface area (Å²) in [6, 6.07) is 1.97. The van der Waals surface area contributed by atoms with Gasteiger partial charge < -0.3 is 10.5 Å². The van der Waals surface area contributed by atoms with Gasteiger partial charge in [-0.25, -0.2) is 17.9 Å². The summed E-state index contributed by atoms with van der Waals surface area (Å²) in [6.07, 6.45) is 0. The Hall–Kier alpha value is -1.75. The monoisotopic (exact) mass is 395 g/mol. The Morgan fingerprint density at radius 3 is 2.40 bits per heavy atom. The molecule has 0 amide bonds. The maximum absolute atomic E-state index is 12.5. The summed E-state index contributed by atoms with van der Waals surface area (Å²) in [5, 5.41) is 11.2. The fraction of sp³-hybridized carbons (Fsp3) is 0.500. The van der Waals surface area contributed by atoms with Gasteiger partial charge in [0, 0.05) is 23.7 Å². The van der Waals surface area contributed by atoms with Gasteiger partial charge in [0.2, 0.25) is 10.0 Å². The molecule has 1 aromatic carbocycles. The minimum atomic E-state index is -4.12. The van der Waals surface area contributed by atoms with Crippen molar-refractivity contribution < 1.29 is 22.9 Å². The molecular weight excluding hydrogens is 374 g/mol. The zero-order valence-electron chi connectivity index (χ0n) is 14.4. The normalized spacial score (nSPS) is 11.6. The van der Waals surface area contributed by atoms with Gasteiger partial charge in [-0.15, -0.1) is 12.4 Å². The maximum atomic E-state index is 12.5. The van der Waals surface area contributed by atoms with Crippen molar-refractivity contribution >= 4 is 34.1 Å². The van der Waals surface area contributed by atoms with Crippen LogP contribution in [0.4, 0.5) is 5.69 Å². The largest absolute Gasteiger partial charge is 0.462 e. The molecule has 0 atom stereocenters. The van der Waals surface area contributed by atoms with Crippen LogP contribution in [0.1, 0.15) is 36.7 Å². The van der Waals surface area contributed by atoms with Crippen molar-refractivity contribution in [2.75, 3.05) is 13.2 Å². The molecule has 0 radical (unpaired) electrons. The van der Waals surface area contributed by atoms with Crippen LogP contribution in [0.2, 0.25) is 0 Å². The van der Waals surface area contributed by atoms with Gasteiger partial charge >= 0.3 is 5.97 Å². The Morgan fingerprint density at radius 2 is 1.96 bits per heavy atom. The van der Waals surface area contributed by atoms with Gasteiger partial charge in [0.1, 0.15) is 0 Å². The maximum Gasteiger partial charge on any atom is 0.338 e. The number of hydrogen-bond acceptors (Lipinski definition) is 7. The van der Waals surface area contributed by atoms with E-state index in [9.17, 15) is 23.3 Å². The minimum absolute atomic E-state index is 0. The van der Waals surface area contributed by atoms with E-state index in [0.29, 0.717) is 0 Å². The summed E-state index contributed by atoms with van der Waals surface area (Å²) in [7, 11) is -4.12. The molecule has 0 spiro atoms. The van der Waals surface area contributed by atoms with Crippen LogP contribution < -0.4 is 10.5 Å². The van der Waals surface area contributed by atoms with Crippen molar-refractivity contribution in [3.63, 3.8) is 0 Å². The third-order valence-electron chi connectivity index (χ3n) is 3.28. The number of nitrogens with zero attached hydrogens (tertiary/aromatic N) is 1. The molecule has 11 heteroatoms. The zero-order valence-corrected chi connectivity index (χ0v) is 16.0. The predicted octanol–water partition coefficient (Wildman–Crippen LogP) is 1.52. The number of nitrogens with one attached hydrogen (secondary N) is 1. The summed E-state index contributed by atoms with van der Waals surface area (Å²) < 4.78 is 32.2. The number of nitro benzene ring substituents is 1. The van der Waals surface area contributed by atoms with Gasteiger partial charge in [-0.3, -0.25) is 10.1 Å². The Morgan fingerprint density at radius 1 is 1.40 bits per heavy atom. The lowest BCUT2D eigenvalue weighted by Gasteiger charge is -2.24. The number of nitro groups is 1. The summed E-state index contributed by atoms with van der Waals surface area (Å²) in [6.45, 7) is 6.15. The van der Waals surface area contributed by atoms with Crippen LogP contribution in [0.5, 0.6) is 0 Å². The molecule has 0 saturated carbocycles. The molecule has 3 N–H and O–H groups in total. The van der Waals surface area contributed by atoms with Crippen molar-refractivity contribution in [2.45, 2.75) is 38.1 Å². The molecule has 142 valence electrons. The number of halogens is 1. The Kier molecular flexibility index (Phi) is 7.97. The first-order valence-corrected chi connectivity index (χ1v) is 8.63. The lowest BCUT2D eigenvalue weighted by molar-refractivity contribution is -0.385. The van der Waals surface area contributed by atoms with Crippen LogP contribution in [0, 0.1) is 17.0 Å². The van der Waals surface area contributed by atoms with Crippen molar-refractivity contribution in [2.24, 2.45) is 5.73 Å². The third-order valence-corrected chi connectivity index (χ3v) is 4.95. The fourth-order valence-corrected chi connectivity index (χ4v) is 3.37. The van der Waals surface area contributed by atoms with Gasteiger partial charge in [0.15, 0.2) is 0 Å². The number of carbonyl (C=O) groups is 1. The predicted molar refractivity (Wildman–Crippen MR) is 94.5 cm³/mol. The van der Waals surface area contributed by atoms with E-state index >= 15 is 0 Å². The van der Waals surface area contributed by atoms with Crippen LogP contribution >= 0.6 is 12.4 Å². The van der Waals surface area contributed by atoms with Gasteiger partial charge in [-0.05, 0) is 33.8 Å². The zero-order chi connectivity index (χ0) is 18.7. The van der Waals surface area contributed by atoms with Gasteiger partial charge in [0.05, 0.1) is 22.0 Å². The van der Waals surface area contributed by atoms with Crippen LogP contribution in [-0.4, -0.2) is 38.0 Å². The minimum Gasteiger partial charge on any atom is -0.462 e. The van der Waals surface area contributed by atoms with Crippen LogP contribution in [0.15, 0.2) is 17.0 Å². The van der Waals surface area contributed by atoms with E-state index in [1.54, 1.807) is 20.8 Å². The van der Waals surface area contributed by atoms with Gasteiger partial charge in [-0.2, -0.15) is 0 Å². The molecule has 1 aromatic rings. The van der Waals surface area contributed by atoms with Crippen molar-refractivity contribution in [3.8, 4) is 0 Å². The molecule has 0 aromatic heterocycles. The topological polar surface area (TPSA) is 142 Å². The molecular formula is C14H22ClN3O6S. The van der Waals surface area contributed by atoms with E-state index in [-0.39, 0.29) is 36.7 Å². The molecule has 9 nitrogen and oxygen atoms in total. The highest BCUT2D eigenvalue weighted by atomic mass is 35.5. The average Bonchev–Trinajstić information content (AvgIpc) is 2.46. The lowest BCUT2D eigenvalue weighted by Crippen LogP contribution is -2.48. The van der Waals surface area contributed by atoms with Crippen molar-refractivity contribution in [1.82, 2.24) is 4.72 Å². The molecule has 0 aliphatic carbocycles. The Labute approximate surface area is 152 Å². The summed E-state index contributed by atoms with van der Waals surface area (Å²) >= 11 is 0. The molecule has 0 bridgehead atoms. The lowest BCUT2D eigenvalue weighted by atomic mass is 10.1. The molecule has 0 fully saturated rings. The number of sulfonamides is 1. The van der Waals surface area contributed by atoms with Gasteiger partial charge in [-0.1, -0.05) is 0 Å². The van der Waals surface area contributed by atoms with E-state index < -0.39 is 37.0 Å². The summed E-state index contributed by atoms with van der Waals surface area (Å²) in [4.78, 5) is 22.0. The highest BCUT2D eigenvalue weighted by molar-refractivity contribution is 7.89. The highest BCUT2D eigenvalue weighted by Gasteiger charge is 2.29. The van der Waals surface area contributed by atoms with Crippen LogP contribution in [-0.2, 0) is 14.8 Å². The quantitative estimate of drug-likeness (QED) is 0.404. The Bertz CT molecular complexity index is 764. The number of carbonyl (C=O) groups excluding carboxylic acids is 1. The second kappa shape index (κ2) is 8.56. The first-order chi connectivity index (χ1) is 10.9. The average molecular weight is 396 g/mol. The molecule has 25 heavy (non-hydrogen) atoms. The van der Waals surface area contributed by atoms with E-state index in [0.717, 1.165) is 12.1 Å². The molecule has 0 aliphatic heterocycles. The molecule has 0 saturated heterocycles. The number of rotatable bonds is 7. The van der Waals surface area contributed by atoms with Crippen LogP contribution in [0.3, 0.4) is 0 Å². The van der Waals surface area contributed by atoms with Gasteiger partial charge in [0.25, 0.3) is 5.69 Å². The molecule has 0 aliphatic rings. The van der Waals surface area contributed by atoms with Crippen molar-refractivity contribution in [3.05, 3.63) is 33.4 Å². The van der Waals surface area contributed by atoms with E-state index in [2.05, 4.69) is 4.72 Å². The Balaban J connectivity index is 0.00000576. The summed E-state index contributed by atoms with van der Waals surface area (Å²) in [5.74, 6) is -0.826. The van der Waals surface area contributed by atoms with E-state index in [4.69, 9.17) is 10.5 Å². The summed E-state index contributed by atoms with van der Waals surface area (Å²) in [5.41, 5.74) is 3.93. The first-order valence-electron chi connectivity index (χ1n) is 7.15. The van der Waals surface area contributed by atoms with Crippen molar-refractivity contribution in [1.29, 1.82) is 0 Å². The smallest absolute Gasteiger partial charge is 0.338 e.